The van der Waals surface area contributed by atoms with Gasteiger partial charge in [0.15, 0.2) is 0 Å². The third kappa shape index (κ3) is 3.47. The van der Waals surface area contributed by atoms with E-state index in [0.29, 0.717) is 5.76 Å². The maximum atomic E-state index is 11.7. The zero-order chi connectivity index (χ0) is 12.8. The molecule has 0 aromatic carbocycles. The predicted octanol–water partition coefficient (Wildman–Crippen LogP) is 1.96. The number of rotatable bonds is 4. The first-order valence-electron chi connectivity index (χ1n) is 6.42. The lowest BCUT2D eigenvalue weighted by Crippen LogP contribution is -2.42. The normalized spacial score (nSPS) is 24.3. The fraction of sp³-hybridized carbons (Fsp3) is 0.500. The molecule has 1 aliphatic carbocycles. The molecule has 1 amide bonds. The zero-order valence-corrected chi connectivity index (χ0v) is 10.3. The Balaban J connectivity index is 1.86. The molecule has 0 radical (unpaired) electrons. The zero-order valence-electron chi connectivity index (χ0n) is 10.3. The van der Waals surface area contributed by atoms with Crippen molar-refractivity contribution in [2.24, 2.45) is 5.92 Å². The van der Waals surface area contributed by atoms with Gasteiger partial charge in [0.2, 0.25) is 5.91 Å². The molecule has 1 fully saturated rings. The lowest BCUT2D eigenvalue weighted by atomic mass is 9.85. The lowest BCUT2D eigenvalue weighted by Gasteiger charge is -2.30. The summed E-state index contributed by atoms with van der Waals surface area (Å²) < 4.78 is 5.11. The minimum absolute atomic E-state index is 0.0949. The molecular formula is C14H19NO3. The van der Waals surface area contributed by atoms with Gasteiger partial charge in [-0.25, -0.2) is 0 Å². The monoisotopic (exact) mass is 249 g/mol. The third-order valence-electron chi connectivity index (χ3n) is 3.41. The number of hydrogen-bond acceptors (Lipinski definition) is 3. The van der Waals surface area contributed by atoms with E-state index in [1.54, 1.807) is 24.5 Å². The van der Waals surface area contributed by atoms with Crippen LogP contribution in [0, 0.1) is 5.92 Å². The van der Waals surface area contributed by atoms with Gasteiger partial charge in [-0.15, -0.1) is 0 Å². The number of furan rings is 1. The number of aliphatic hydroxyl groups is 1. The quantitative estimate of drug-likeness (QED) is 0.802. The number of nitrogens with one attached hydrogen (secondary N) is 1. The van der Waals surface area contributed by atoms with Crippen molar-refractivity contribution in [3.63, 3.8) is 0 Å². The molecule has 18 heavy (non-hydrogen) atoms. The molecule has 0 aliphatic heterocycles. The summed E-state index contributed by atoms with van der Waals surface area (Å²) in [4.78, 5) is 11.7. The minimum Gasteiger partial charge on any atom is -0.465 e. The average Bonchev–Trinajstić information content (AvgIpc) is 2.90. The molecule has 2 unspecified atom stereocenters. The van der Waals surface area contributed by atoms with E-state index in [4.69, 9.17) is 4.42 Å². The topological polar surface area (TPSA) is 62.5 Å². The van der Waals surface area contributed by atoms with Crippen LogP contribution >= 0.6 is 0 Å². The summed E-state index contributed by atoms with van der Waals surface area (Å²) in [6.07, 6.45) is 8.88. The summed E-state index contributed by atoms with van der Waals surface area (Å²) in [5, 5.41) is 12.2. The van der Waals surface area contributed by atoms with E-state index in [9.17, 15) is 9.90 Å². The maximum Gasteiger partial charge on any atom is 0.244 e. The van der Waals surface area contributed by atoms with Crippen LogP contribution in [0.5, 0.6) is 0 Å². The highest BCUT2D eigenvalue weighted by molar-refractivity contribution is 5.91. The molecular weight excluding hydrogens is 230 g/mol. The van der Waals surface area contributed by atoms with Gasteiger partial charge >= 0.3 is 0 Å². The molecule has 1 aromatic heterocycles. The van der Waals surface area contributed by atoms with Crippen molar-refractivity contribution in [3.05, 3.63) is 30.2 Å². The molecule has 0 spiro atoms. The van der Waals surface area contributed by atoms with Crippen molar-refractivity contribution >= 4 is 12.0 Å². The molecule has 98 valence electrons. The highest BCUT2D eigenvalue weighted by Crippen LogP contribution is 2.23. The van der Waals surface area contributed by atoms with Gasteiger partial charge in [-0.3, -0.25) is 4.79 Å². The molecule has 2 atom stereocenters. The molecule has 1 aliphatic rings. The molecule has 4 heteroatoms. The van der Waals surface area contributed by atoms with Crippen LogP contribution in [0.1, 0.15) is 31.4 Å². The Morgan fingerprint density at radius 1 is 1.50 bits per heavy atom. The molecule has 0 bridgehead atoms. The third-order valence-corrected chi connectivity index (χ3v) is 3.41. The van der Waals surface area contributed by atoms with E-state index in [2.05, 4.69) is 5.32 Å². The van der Waals surface area contributed by atoms with Crippen LogP contribution in [0.15, 0.2) is 28.9 Å². The summed E-state index contributed by atoms with van der Waals surface area (Å²) in [7, 11) is 0. The van der Waals surface area contributed by atoms with Crippen LogP contribution in [0.3, 0.4) is 0 Å². The Hall–Kier alpha value is -1.55. The highest BCUT2D eigenvalue weighted by Gasteiger charge is 2.25. The largest absolute Gasteiger partial charge is 0.465 e. The Bertz CT molecular complexity index is 397. The van der Waals surface area contributed by atoms with Gasteiger partial charge in [0.1, 0.15) is 5.76 Å². The Morgan fingerprint density at radius 3 is 3.06 bits per heavy atom. The fourth-order valence-electron chi connectivity index (χ4n) is 2.39. The average molecular weight is 249 g/mol. The van der Waals surface area contributed by atoms with Gasteiger partial charge < -0.3 is 14.8 Å². The maximum absolute atomic E-state index is 11.7. The van der Waals surface area contributed by atoms with Gasteiger partial charge in [-0.05, 0) is 31.1 Å². The summed E-state index contributed by atoms with van der Waals surface area (Å²) in [5.41, 5.74) is 0. The van der Waals surface area contributed by atoms with Crippen molar-refractivity contribution in [2.75, 3.05) is 6.61 Å². The van der Waals surface area contributed by atoms with E-state index < -0.39 is 0 Å². The van der Waals surface area contributed by atoms with Crippen molar-refractivity contribution in [3.8, 4) is 0 Å². The number of aliphatic hydroxyl groups excluding tert-OH is 1. The minimum atomic E-state index is -0.128. The Labute approximate surface area is 107 Å². The summed E-state index contributed by atoms with van der Waals surface area (Å²) in [5.74, 6) is 0.726. The fourth-order valence-corrected chi connectivity index (χ4v) is 2.39. The van der Waals surface area contributed by atoms with Gasteiger partial charge in [0, 0.05) is 24.6 Å². The number of carbonyl (C=O) groups is 1. The van der Waals surface area contributed by atoms with E-state index in [0.717, 1.165) is 25.7 Å². The summed E-state index contributed by atoms with van der Waals surface area (Å²) in [6.45, 7) is 0.146. The van der Waals surface area contributed by atoms with Gasteiger partial charge in [0.05, 0.1) is 6.26 Å². The van der Waals surface area contributed by atoms with Crippen molar-refractivity contribution in [2.45, 2.75) is 31.7 Å². The first-order valence-corrected chi connectivity index (χ1v) is 6.42. The number of amides is 1. The summed E-state index contributed by atoms with van der Waals surface area (Å²) >= 11 is 0. The van der Waals surface area contributed by atoms with Gasteiger partial charge in [-0.2, -0.15) is 0 Å². The summed E-state index contributed by atoms with van der Waals surface area (Å²) in [6, 6.07) is 3.67. The van der Waals surface area contributed by atoms with Crippen LogP contribution < -0.4 is 5.32 Å². The van der Waals surface area contributed by atoms with Crippen LogP contribution in [0.4, 0.5) is 0 Å². The standard InChI is InChI=1S/C14H19NO3/c16-10-11-4-1-2-6-13(11)15-14(17)8-7-12-5-3-9-18-12/h3,5,7-9,11,13,16H,1-2,4,6,10H2,(H,15,17)/b8-7+. The molecule has 4 nitrogen and oxygen atoms in total. The van der Waals surface area contributed by atoms with Gasteiger partial charge in [-0.1, -0.05) is 12.8 Å². The van der Waals surface area contributed by atoms with Crippen molar-refractivity contribution < 1.29 is 14.3 Å². The smallest absolute Gasteiger partial charge is 0.244 e. The van der Waals surface area contributed by atoms with Crippen molar-refractivity contribution in [1.29, 1.82) is 0 Å². The first-order chi connectivity index (χ1) is 8.79. The second-order valence-corrected chi connectivity index (χ2v) is 4.69. The molecule has 0 saturated heterocycles. The van der Waals surface area contributed by atoms with E-state index in [1.807, 2.05) is 0 Å². The molecule has 2 N–H and O–H groups in total. The Morgan fingerprint density at radius 2 is 2.33 bits per heavy atom. The second kappa shape index (κ2) is 6.40. The lowest BCUT2D eigenvalue weighted by molar-refractivity contribution is -0.117. The second-order valence-electron chi connectivity index (χ2n) is 4.69. The Kier molecular flexibility index (Phi) is 4.59. The van der Waals surface area contributed by atoms with Crippen LogP contribution in [-0.2, 0) is 4.79 Å². The number of carbonyl (C=O) groups excluding carboxylic acids is 1. The van der Waals surface area contributed by atoms with E-state index >= 15 is 0 Å². The van der Waals surface area contributed by atoms with Crippen LogP contribution in [0.25, 0.3) is 6.08 Å². The predicted molar refractivity (Wildman–Crippen MR) is 68.7 cm³/mol. The van der Waals surface area contributed by atoms with E-state index in [-0.39, 0.29) is 24.5 Å². The van der Waals surface area contributed by atoms with Crippen LogP contribution in [0.2, 0.25) is 0 Å². The van der Waals surface area contributed by atoms with E-state index in [1.165, 1.54) is 6.08 Å². The van der Waals surface area contributed by atoms with Crippen LogP contribution in [-0.4, -0.2) is 23.7 Å². The van der Waals surface area contributed by atoms with Gasteiger partial charge in [0.25, 0.3) is 0 Å². The SMILES string of the molecule is O=C(/C=C/c1ccco1)NC1CCCCC1CO. The van der Waals surface area contributed by atoms with Crippen molar-refractivity contribution in [1.82, 2.24) is 5.32 Å². The first kappa shape index (κ1) is 12.9. The number of hydrogen-bond donors (Lipinski definition) is 2. The molecule has 1 saturated carbocycles. The molecule has 1 heterocycles. The highest BCUT2D eigenvalue weighted by atomic mass is 16.3. The molecule has 1 aromatic rings. The molecule has 2 rings (SSSR count).